The van der Waals surface area contributed by atoms with E-state index in [2.05, 4.69) is 11.8 Å². The minimum atomic E-state index is 1.14. The van der Waals surface area contributed by atoms with Gasteiger partial charge in [0.25, 0.3) is 0 Å². The van der Waals surface area contributed by atoms with Crippen LogP contribution in [0.3, 0.4) is 0 Å². The molecule has 0 aromatic heterocycles. The van der Waals surface area contributed by atoms with Crippen molar-refractivity contribution in [2.75, 3.05) is 0 Å². The van der Waals surface area contributed by atoms with Gasteiger partial charge in [0.15, 0.2) is 0 Å². The highest BCUT2D eigenvalue weighted by Crippen LogP contribution is 2.14. The first-order chi connectivity index (χ1) is 9.50. The van der Waals surface area contributed by atoms with E-state index in [1.807, 2.05) is 0 Å². The van der Waals surface area contributed by atoms with Crippen LogP contribution in [0.15, 0.2) is 0 Å². The summed E-state index contributed by atoms with van der Waals surface area (Å²) in [6.45, 7) is 0. The van der Waals surface area contributed by atoms with E-state index >= 15 is 0 Å². The van der Waals surface area contributed by atoms with E-state index in [-0.39, 0.29) is 0 Å². The zero-order chi connectivity index (χ0) is 13.4. The highest BCUT2D eigenvalue weighted by molar-refractivity contribution is 4.98. The van der Waals surface area contributed by atoms with Crippen LogP contribution in [0.5, 0.6) is 0 Å². The average Bonchev–Trinajstić information content (AvgIpc) is 2.43. The quantitative estimate of drug-likeness (QED) is 0.429. The van der Waals surface area contributed by atoms with Crippen LogP contribution in [0.4, 0.5) is 0 Å². The van der Waals surface area contributed by atoms with Gasteiger partial charge in [0.1, 0.15) is 0 Å². The van der Waals surface area contributed by atoms with E-state index in [0.717, 1.165) is 12.8 Å². The zero-order valence-corrected chi connectivity index (χ0v) is 13.0. The molecule has 0 unspecified atom stereocenters. The van der Waals surface area contributed by atoms with Crippen molar-refractivity contribution >= 4 is 0 Å². The first kappa shape index (κ1) is 16.6. The summed E-state index contributed by atoms with van der Waals surface area (Å²) < 4.78 is 0. The molecule has 0 heterocycles. The molecule has 1 aliphatic carbocycles. The van der Waals surface area contributed by atoms with Crippen LogP contribution in [0.25, 0.3) is 0 Å². The van der Waals surface area contributed by atoms with E-state index in [0.29, 0.717) is 0 Å². The Kier molecular flexibility index (Phi) is 12.2. The fourth-order valence-corrected chi connectivity index (χ4v) is 2.90. The second kappa shape index (κ2) is 14.0. The molecule has 0 spiro atoms. The maximum Gasteiger partial charge on any atom is 0.00886 e. The molecule has 0 bridgehead atoms. The van der Waals surface area contributed by atoms with Crippen molar-refractivity contribution in [3.8, 4) is 11.8 Å². The summed E-state index contributed by atoms with van der Waals surface area (Å²) in [5.41, 5.74) is 0. The van der Waals surface area contributed by atoms with Crippen molar-refractivity contribution in [3.05, 3.63) is 0 Å². The highest BCUT2D eigenvalue weighted by atomic mass is 14.0. The van der Waals surface area contributed by atoms with Crippen molar-refractivity contribution < 1.29 is 0 Å². The van der Waals surface area contributed by atoms with Gasteiger partial charge in [0, 0.05) is 12.8 Å². The summed E-state index contributed by atoms with van der Waals surface area (Å²) in [6.07, 6.45) is 23.8. The minimum absolute atomic E-state index is 1.14. The third-order valence-electron chi connectivity index (χ3n) is 4.23. The van der Waals surface area contributed by atoms with Crippen LogP contribution in [-0.2, 0) is 0 Å². The molecule has 0 fully saturated rings. The molecule has 0 aliphatic heterocycles. The predicted molar refractivity (Wildman–Crippen MR) is 86.3 cm³/mol. The average molecular weight is 262 g/mol. The second-order valence-electron chi connectivity index (χ2n) is 6.16. The first-order valence-electron chi connectivity index (χ1n) is 8.96. The molecule has 0 nitrogen and oxygen atoms in total. The molecule has 19 heavy (non-hydrogen) atoms. The fourth-order valence-electron chi connectivity index (χ4n) is 2.90. The van der Waals surface area contributed by atoms with Gasteiger partial charge in [-0.05, 0) is 12.8 Å². The monoisotopic (exact) mass is 262 g/mol. The van der Waals surface area contributed by atoms with Gasteiger partial charge in [0.05, 0.1) is 0 Å². The van der Waals surface area contributed by atoms with Crippen molar-refractivity contribution in [2.24, 2.45) is 0 Å². The van der Waals surface area contributed by atoms with Gasteiger partial charge >= 0.3 is 0 Å². The van der Waals surface area contributed by atoms with E-state index in [9.17, 15) is 0 Å². The van der Waals surface area contributed by atoms with Gasteiger partial charge in [-0.2, -0.15) is 0 Å². The Hall–Kier alpha value is -0.440. The van der Waals surface area contributed by atoms with Gasteiger partial charge in [0.2, 0.25) is 0 Å². The number of hydrogen-bond acceptors (Lipinski definition) is 0. The molecule has 0 radical (unpaired) electrons. The molecule has 0 N–H and O–H groups in total. The summed E-state index contributed by atoms with van der Waals surface area (Å²) in [5.74, 6) is 6.70. The van der Waals surface area contributed by atoms with Gasteiger partial charge in [-0.15, -0.1) is 11.8 Å². The summed E-state index contributed by atoms with van der Waals surface area (Å²) in [7, 11) is 0. The minimum Gasteiger partial charge on any atom is -0.103 e. The van der Waals surface area contributed by atoms with Crippen molar-refractivity contribution in [1.82, 2.24) is 0 Å². The molecule has 0 amide bonds. The van der Waals surface area contributed by atoms with Crippen LogP contribution in [0.2, 0.25) is 0 Å². The van der Waals surface area contributed by atoms with Crippen LogP contribution >= 0.6 is 0 Å². The zero-order valence-electron chi connectivity index (χ0n) is 13.0. The van der Waals surface area contributed by atoms with Crippen molar-refractivity contribution in [1.29, 1.82) is 0 Å². The molecule has 110 valence electrons. The molecule has 0 saturated carbocycles. The lowest BCUT2D eigenvalue weighted by Gasteiger charge is -2.02. The molecular weight excluding hydrogens is 228 g/mol. The normalized spacial score (nSPS) is 22.3. The number of hydrogen-bond donors (Lipinski definition) is 0. The van der Waals surface area contributed by atoms with Crippen molar-refractivity contribution in [2.45, 2.75) is 109 Å². The lowest BCUT2D eigenvalue weighted by Crippen LogP contribution is -1.83. The molecule has 1 rings (SSSR count). The Morgan fingerprint density at radius 1 is 0.263 bits per heavy atom. The van der Waals surface area contributed by atoms with Gasteiger partial charge in [-0.25, -0.2) is 0 Å². The maximum atomic E-state index is 3.35. The smallest absolute Gasteiger partial charge is 0.00886 e. The molecule has 0 aromatic rings. The molecule has 0 heteroatoms. The lowest BCUT2D eigenvalue weighted by molar-refractivity contribution is 0.532. The third kappa shape index (κ3) is 12.3. The van der Waals surface area contributed by atoms with Crippen LogP contribution in [-0.4, -0.2) is 0 Å². The molecule has 0 aromatic carbocycles. The van der Waals surface area contributed by atoms with Crippen LogP contribution in [0, 0.1) is 11.8 Å². The van der Waals surface area contributed by atoms with Crippen molar-refractivity contribution in [3.63, 3.8) is 0 Å². The first-order valence-corrected chi connectivity index (χ1v) is 8.96. The fraction of sp³-hybridized carbons (Fsp3) is 0.895. The summed E-state index contributed by atoms with van der Waals surface area (Å²) in [5, 5.41) is 0. The van der Waals surface area contributed by atoms with Crippen LogP contribution < -0.4 is 0 Å². The van der Waals surface area contributed by atoms with E-state index in [4.69, 9.17) is 0 Å². The highest BCUT2D eigenvalue weighted by Gasteiger charge is 1.94. The Bertz CT molecular complexity index is 208. The Morgan fingerprint density at radius 2 is 0.474 bits per heavy atom. The van der Waals surface area contributed by atoms with E-state index < -0.39 is 0 Å². The Labute approximate surface area is 121 Å². The molecule has 0 atom stereocenters. The molecule has 0 saturated heterocycles. The third-order valence-corrected chi connectivity index (χ3v) is 4.23. The summed E-state index contributed by atoms with van der Waals surface area (Å²) >= 11 is 0. The Morgan fingerprint density at radius 3 is 0.737 bits per heavy atom. The standard InChI is InChI=1S/C19H34/c1-2-4-6-8-10-12-14-16-18-19-17-15-13-11-9-7-5-3-1/h1-17H2. The summed E-state index contributed by atoms with van der Waals surface area (Å²) in [6, 6.07) is 0. The Balaban J connectivity index is 2.08. The second-order valence-corrected chi connectivity index (χ2v) is 6.16. The maximum absolute atomic E-state index is 3.35. The predicted octanol–water partition coefficient (Wildman–Crippen LogP) is 6.64. The molecule has 1 aliphatic rings. The van der Waals surface area contributed by atoms with Gasteiger partial charge in [-0.1, -0.05) is 83.5 Å². The molecular formula is C19H34. The van der Waals surface area contributed by atoms with E-state index in [1.165, 1.54) is 96.3 Å². The number of rotatable bonds is 0. The van der Waals surface area contributed by atoms with E-state index in [1.54, 1.807) is 0 Å². The van der Waals surface area contributed by atoms with Gasteiger partial charge < -0.3 is 0 Å². The largest absolute Gasteiger partial charge is 0.103 e. The SMILES string of the molecule is C1#CCCCCCCCCCCCCCCCCC1. The summed E-state index contributed by atoms with van der Waals surface area (Å²) in [4.78, 5) is 0. The van der Waals surface area contributed by atoms with Gasteiger partial charge in [-0.3, -0.25) is 0 Å². The van der Waals surface area contributed by atoms with Crippen LogP contribution in [0.1, 0.15) is 109 Å². The topological polar surface area (TPSA) is 0 Å². The lowest BCUT2D eigenvalue weighted by atomic mass is 10.0.